The fraction of sp³-hybridized carbons (Fsp3) is 0.357. The van der Waals surface area contributed by atoms with E-state index in [-0.39, 0.29) is 13.0 Å². The number of benzene rings is 1. The fourth-order valence-corrected chi connectivity index (χ4v) is 1.39. The molecule has 0 saturated carbocycles. The predicted molar refractivity (Wildman–Crippen MR) is 70.9 cm³/mol. The monoisotopic (exact) mass is 279 g/mol. The lowest BCUT2D eigenvalue weighted by molar-refractivity contribution is -0.143. The van der Waals surface area contributed by atoms with E-state index in [4.69, 9.17) is 4.74 Å². The summed E-state index contributed by atoms with van der Waals surface area (Å²) in [5, 5.41) is 2.36. The molecule has 1 aromatic carbocycles. The summed E-state index contributed by atoms with van der Waals surface area (Å²) in [6.45, 7) is 1.60. The first-order chi connectivity index (χ1) is 9.52. The van der Waals surface area contributed by atoms with Gasteiger partial charge >= 0.3 is 12.1 Å². The number of hydrogen-bond donors (Lipinski definition) is 1. The molecule has 0 fully saturated rings. The first-order valence-corrected chi connectivity index (χ1v) is 6.09. The Labute approximate surface area is 117 Å². The number of amides is 1. The molecule has 6 nitrogen and oxygen atoms in total. The summed E-state index contributed by atoms with van der Waals surface area (Å²) < 4.78 is 9.34. The molecule has 0 aliphatic heterocycles. The molecule has 1 N–H and O–H groups in total. The molecule has 0 aliphatic carbocycles. The van der Waals surface area contributed by atoms with Gasteiger partial charge in [-0.2, -0.15) is 0 Å². The highest BCUT2D eigenvalue weighted by molar-refractivity contribution is 5.99. The second kappa shape index (κ2) is 7.93. The molecule has 0 saturated heterocycles. The summed E-state index contributed by atoms with van der Waals surface area (Å²) in [6, 6.07) is 8.35. The average Bonchev–Trinajstić information content (AvgIpc) is 2.45. The largest absolute Gasteiger partial charge is 0.469 e. The molecule has 1 aromatic rings. The number of Topliss-reactive ketones (excluding diaryl/α,β-unsaturated/α-hetero) is 1. The van der Waals surface area contributed by atoms with Gasteiger partial charge in [0.1, 0.15) is 13.0 Å². The summed E-state index contributed by atoms with van der Waals surface area (Å²) >= 11 is 0. The fourth-order valence-electron chi connectivity index (χ4n) is 1.39. The van der Waals surface area contributed by atoms with Crippen LogP contribution in [0.4, 0.5) is 4.79 Å². The normalized spacial score (nSPS) is 11.3. The van der Waals surface area contributed by atoms with Crippen molar-refractivity contribution in [3.63, 3.8) is 0 Å². The lowest BCUT2D eigenvalue weighted by atomic mass is 10.1. The first kappa shape index (κ1) is 15.7. The number of ether oxygens (including phenoxy) is 2. The zero-order valence-electron chi connectivity index (χ0n) is 11.4. The molecule has 0 bridgehead atoms. The summed E-state index contributed by atoms with van der Waals surface area (Å²) in [6.07, 6.45) is -1.09. The van der Waals surface area contributed by atoms with Crippen molar-refractivity contribution in [1.82, 2.24) is 5.32 Å². The van der Waals surface area contributed by atoms with Crippen LogP contribution in [-0.2, 0) is 25.7 Å². The molecule has 0 radical (unpaired) electrons. The number of rotatable bonds is 6. The summed E-state index contributed by atoms with van der Waals surface area (Å²) in [4.78, 5) is 34.0. The van der Waals surface area contributed by atoms with Crippen molar-refractivity contribution in [2.45, 2.75) is 26.0 Å². The zero-order valence-corrected chi connectivity index (χ0v) is 11.4. The maximum Gasteiger partial charge on any atom is 0.408 e. The molecule has 1 atom stereocenters. The van der Waals surface area contributed by atoms with Crippen LogP contribution in [0.1, 0.15) is 18.9 Å². The number of esters is 1. The van der Waals surface area contributed by atoms with Crippen LogP contribution in [0.15, 0.2) is 30.3 Å². The number of ketones is 1. The van der Waals surface area contributed by atoms with E-state index >= 15 is 0 Å². The molecule has 1 unspecified atom stereocenters. The summed E-state index contributed by atoms with van der Waals surface area (Å²) in [5.74, 6) is -1.07. The molecule has 1 amide bonds. The van der Waals surface area contributed by atoms with Gasteiger partial charge in [-0.1, -0.05) is 30.3 Å². The molecule has 20 heavy (non-hydrogen) atoms. The Hall–Kier alpha value is -2.37. The topological polar surface area (TPSA) is 81.7 Å². The van der Waals surface area contributed by atoms with Crippen molar-refractivity contribution in [3.05, 3.63) is 35.9 Å². The van der Waals surface area contributed by atoms with Gasteiger partial charge in [-0.25, -0.2) is 4.79 Å². The maximum absolute atomic E-state index is 11.6. The summed E-state index contributed by atoms with van der Waals surface area (Å²) in [5.41, 5.74) is 0.844. The van der Waals surface area contributed by atoms with Crippen LogP contribution < -0.4 is 5.32 Å². The third kappa shape index (κ3) is 5.51. The lowest BCUT2D eigenvalue weighted by Crippen LogP contribution is -2.39. The van der Waals surface area contributed by atoms with E-state index in [2.05, 4.69) is 10.1 Å². The standard InChI is InChI=1S/C14H17NO5/c1-10(12(16)8-13(17)19-2)15-14(18)20-9-11-6-4-3-5-7-11/h3-7,10H,8-9H2,1-2H3,(H,15,18). The minimum Gasteiger partial charge on any atom is -0.469 e. The number of hydrogen-bond acceptors (Lipinski definition) is 5. The highest BCUT2D eigenvalue weighted by Gasteiger charge is 2.19. The van der Waals surface area contributed by atoms with E-state index in [1.165, 1.54) is 14.0 Å². The zero-order chi connectivity index (χ0) is 15.0. The van der Waals surface area contributed by atoms with Crippen LogP contribution in [0.5, 0.6) is 0 Å². The van der Waals surface area contributed by atoms with Gasteiger partial charge < -0.3 is 14.8 Å². The van der Waals surface area contributed by atoms with Gasteiger partial charge in [0.25, 0.3) is 0 Å². The molecular weight excluding hydrogens is 262 g/mol. The van der Waals surface area contributed by atoms with Crippen molar-refractivity contribution in [1.29, 1.82) is 0 Å². The van der Waals surface area contributed by atoms with Gasteiger partial charge in [0.15, 0.2) is 5.78 Å². The van der Waals surface area contributed by atoms with Crippen LogP contribution >= 0.6 is 0 Å². The highest BCUT2D eigenvalue weighted by atomic mass is 16.5. The van der Waals surface area contributed by atoms with E-state index in [9.17, 15) is 14.4 Å². The van der Waals surface area contributed by atoms with E-state index in [0.29, 0.717) is 0 Å². The van der Waals surface area contributed by atoms with Gasteiger partial charge in [-0.05, 0) is 12.5 Å². The summed E-state index contributed by atoms with van der Waals surface area (Å²) in [7, 11) is 1.20. The number of carbonyl (C=O) groups is 3. The maximum atomic E-state index is 11.6. The molecule has 0 heterocycles. The second-order valence-corrected chi connectivity index (χ2v) is 4.15. The number of nitrogens with one attached hydrogen (secondary N) is 1. The third-order valence-corrected chi connectivity index (χ3v) is 2.58. The van der Waals surface area contributed by atoms with Crippen molar-refractivity contribution in [2.24, 2.45) is 0 Å². The van der Waals surface area contributed by atoms with E-state index in [1.54, 1.807) is 0 Å². The Morgan fingerprint density at radius 2 is 1.85 bits per heavy atom. The van der Waals surface area contributed by atoms with Gasteiger partial charge in [0.05, 0.1) is 13.2 Å². The lowest BCUT2D eigenvalue weighted by Gasteiger charge is -2.12. The average molecular weight is 279 g/mol. The Morgan fingerprint density at radius 1 is 1.20 bits per heavy atom. The van der Waals surface area contributed by atoms with Crippen LogP contribution in [0.3, 0.4) is 0 Å². The Morgan fingerprint density at radius 3 is 2.45 bits per heavy atom. The number of methoxy groups -OCH3 is 1. The highest BCUT2D eigenvalue weighted by Crippen LogP contribution is 2.01. The van der Waals surface area contributed by atoms with E-state index < -0.39 is 23.9 Å². The minimum absolute atomic E-state index is 0.116. The van der Waals surface area contributed by atoms with Crippen molar-refractivity contribution in [3.8, 4) is 0 Å². The van der Waals surface area contributed by atoms with E-state index in [1.807, 2.05) is 30.3 Å². The van der Waals surface area contributed by atoms with Crippen LogP contribution in [0, 0.1) is 0 Å². The Balaban J connectivity index is 2.34. The van der Waals surface area contributed by atoms with Gasteiger partial charge in [-0.15, -0.1) is 0 Å². The van der Waals surface area contributed by atoms with Gasteiger partial charge in [0, 0.05) is 0 Å². The molecule has 1 rings (SSSR count). The predicted octanol–water partition coefficient (Wildman–Crippen LogP) is 1.43. The molecule has 0 aliphatic rings. The number of alkyl carbamates (subject to hydrolysis) is 1. The third-order valence-electron chi connectivity index (χ3n) is 2.58. The van der Waals surface area contributed by atoms with Crippen LogP contribution in [0.2, 0.25) is 0 Å². The SMILES string of the molecule is COC(=O)CC(=O)C(C)NC(=O)OCc1ccccc1. The van der Waals surface area contributed by atoms with Gasteiger partial charge in [0.2, 0.25) is 0 Å². The van der Waals surface area contributed by atoms with Crippen molar-refractivity contribution >= 4 is 17.8 Å². The Bertz CT molecular complexity index is 472. The molecule has 0 spiro atoms. The molecule has 108 valence electrons. The second-order valence-electron chi connectivity index (χ2n) is 4.15. The molecule has 6 heteroatoms. The van der Waals surface area contributed by atoms with Crippen molar-refractivity contribution < 1.29 is 23.9 Å². The van der Waals surface area contributed by atoms with Crippen LogP contribution in [-0.4, -0.2) is 31.0 Å². The quantitative estimate of drug-likeness (QED) is 0.629. The minimum atomic E-state index is -0.808. The molecule has 0 aromatic heterocycles. The first-order valence-electron chi connectivity index (χ1n) is 6.09. The van der Waals surface area contributed by atoms with E-state index in [0.717, 1.165) is 5.56 Å². The smallest absolute Gasteiger partial charge is 0.408 e. The molecular formula is C14H17NO5. The van der Waals surface area contributed by atoms with Crippen molar-refractivity contribution in [2.75, 3.05) is 7.11 Å². The number of carbonyl (C=O) groups excluding carboxylic acids is 3. The van der Waals surface area contributed by atoms with Crippen LogP contribution in [0.25, 0.3) is 0 Å². The Kier molecular flexibility index (Phi) is 6.22. The van der Waals surface area contributed by atoms with Gasteiger partial charge in [-0.3, -0.25) is 9.59 Å².